The van der Waals surface area contributed by atoms with Crippen molar-refractivity contribution in [3.63, 3.8) is 0 Å². The van der Waals surface area contributed by atoms with E-state index in [4.69, 9.17) is 17.2 Å². The van der Waals surface area contributed by atoms with Crippen LogP contribution in [-0.4, -0.2) is 37.6 Å². The van der Waals surface area contributed by atoms with Gasteiger partial charge in [0.15, 0.2) is 0 Å². The number of amides is 1. The summed E-state index contributed by atoms with van der Waals surface area (Å²) in [5.74, 6) is 1.04. The molecule has 1 amide bonds. The van der Waals surface area contributed by atoms with E-state index in [9.17, 15) is 9.59 Å². The molecule has 2 aromatic carbocycles. The minimum Gasteiger partial charge on any atom is -0.356 e. The second-order valence-electron chi connectivity index (χ2n) is 9.96. The molecule has 0 atom stereocenters. The molecule has 6 rings (SSSR count). The molecule has 2 fully saturated rings. The van der Waals surface area contributed by atoms with Gasteiger partial charge in [-0.05, 0) is 54.5 Å². The third-order valence-corrected chi connectivity index (χ3v) is 8.74. The average Bonchev–Trinajstić information content (AvgIpc) is 3.23. The van der Waals surface area contributed by atoms with Gasteiger partial charge in [-0.2, -0.15) is 0 Å². The highest BCUT2D eigenvalue weighted by Crippen LogP contribution is 2.35. The summed E-state index contributed by atoms with van der Waals surface area (Å²) >= 11 is 6.80. The first kappa shape index (κ1) is 25.5. The first-order valence-electron chi connectivity index (χ1n) is 13.2. The van der Waals surface area contributed by atoms with Crippen LogP contribution in [0.25, 0.3) is 11.7 Å². The Hall–Kier alpha value is -3.75. The summed E-state index contributed by atoms with van der Waals surface area (Å²) < 4.78 is 2.04. The Morgan fingerprint density at radius 1 is 0.897 bits per heavy atom. The molecule has 196 valence electrons. The number of rotatable bonds is 6. The minimum absolute atomic E-state index is 0.182. The largest absolute Gasteiger partial charge is 0.356 e. The first-order chi connectivity index (χ1) is 19.1. The molecule has 6 nitrogen and oxygen atoms in total. The minimum atomic E-state index is -0.185. The summed E-state index contributed by atoms with van der Waals surface area (Å²) in [4.78, 5) is 36.3. The lowest BCUT2D eigenvalue weighted by Gasteiger charge is -2.33. The number of thiocarbonyl (C=S) groups is 1. The van der Waals surface area contributed by atoms with Crippen LogP contribution >= 0.6 is 24.0 Å². The number of anilines is 1. The van der Waals surface area contributed by atoms with Crippen molar-refractivity contribution in [3.05, 3.63) is 117 Å². The number of aromatic nitrogens is 2. The number of carbonyl (C=O) groups excluding carboxylic acids is 1. The predicted molar refractivity (Wildman–Crippen MR) is 162 cm³/mol. The monoisotopic (exact) mass is 552 g/mol. The summed E-state index contributed by atoms with van der Waals surface area (Å²) in [6.45, 7) is 2.02. The van der Waals surface area contributed by atoms with E-state index in [1.54, 1.807) is 21.6 Å². The number of nitrogens with zero attached hydrogens (tertiary/aromatic N) is 4. The smallest absolute Gasteiger partial charge is 0.267 e. The Bertz CT molecular complexity index is 1610. The van der Waals surface area contributed by atoms with E-state index in [0.29, 0.717) is 38.7 Å². The number of pyridine rings is 1. The van der Waals surface area contributed by atoms with Gasteiger partial charge in [-0.25, -0.2) is 4.98 Å². The zero-order chi connectivity index (χ0) is 26.8. The molecule has 4 aromatic rings. The second kappa shape index (κ2) is 11.2. The Morgan fingerprint density at radius 2 is 1.56 bits per heavy atom. The highest BCUT2D eigenvalue weighted by atomic mass is 32.2. The molecule has 4 heterocycles. The maximum absolute atomic E-state index is 13.7. The fourth-order valence-corrected chi connectivity index (χ4v) is 6.52. The lowest BCUT2D eigenvalue weighted by molar-refractivity contribution is -0.122. The number of hydrogen-bond donors (Lipinski definition) is 0. The Kier molecular flexibility index (Phi) is 7.30. The average molecular weight is 553 g/mol. The van der Waals surface area contributed by atoms with Crippen molar-refractivity contribution in [2.75, 3.05) is 18.0 Å². The van der Waals surface area contributed by atoms with Gasteiger partial charge in [-0.15, -0.1) is 0 Å². The number of hydrogen-bond acceptors (Lipinski definition) is 6. The molecular formula is C31H28N4O2S2. The van der Waals surface area contributed by atoms with Crippen LogP contribution < -0.4 is 10.5 Å². The van der Waals surface area contributed by atoms with E-state index in [2.05, 4.69) is 29.2 Å². The number of thioether (sulfide) groups is 1. The first-order valence-corrected chi connectivity index (χ1v) is 14.4. The van der Waals surface area contributed by atoms with Crippen LogP contribution in [0.5, 0.6) is 0 Å². The predicted octanol–water partition coefficient (Wildman–Crippen LogP) is 5.56. The maximum Gasteiger partial charge on any atom is 0.267 e. The quantitative estimate of drug-likeness (QED) is 0.231. The molecule has 2 aliphatic rings. The molecular weight excluding hydrogens is 525 g/mol. The number of benzene rings is 2. The molecule has 0 saturated carbocycles. The zero-order valence-electron chi connectivity index (χ0n) is 21.4. The summed E-state index contributed by atoms with van der Waals surface area (Å²) in [5, 5.41) is 0. The lowest BCUT2D eigenvalue weighted by Crippen LogP contribution is -2.37. The van der Waals surface area contributed by atoms with Crippen molar-refractivity contribution < 1.29 is 4.79 Å². The molecule has 2 saturated heterocycles. The van der Waals surface area contributed by atoms with Gasteiger partial charge >= 0.3 is 0 Å². The van der Waals surface area contributed by atoms with Gasteiger partial charge in [-0.3, -0.25) is 18.9 Å². The standard InChI is InChI=1S/C31H28N4O2S2/c36-29-25(20-26-30(37)35(31(38)39-26)21-24-11-5-2-6-12-24)28(32-27-13-7-8-16-34(27)29)33-17-14-23(15-18-33)19-22-9-3-1-4-10-22/h1-13,16,20,23H,14-15,17-19,21H2/b26-20+. The molecule has 2 aromatic heterocycles. The summed E-state index contributed by atoms with van der Waals surface area (Å²) in [6.07, 6.45) is 6.51. The van der Waals surface area contributed by atoms with Gasteiger partial charge in [0.2, 0.25) is 0 Å². The van der Waals surface area contributed by atoms with Gasteiger partial charge in [0.05, 0.1) is 17.0 Å². The van der Waals surface area contributed by atoms with Crippen LogP contribution in [0.15, 0.2) is 94.8 Å². The van der Waals surface area contributed by atoms with Gasteiger partial charge in [0.1, 0.15) is 15.8 Å². The topological polar surface area (TPSA) is 57.9 Å². The van der Waals surface area contributed by atoms with Crippen LogP contribution in [-0.2, 0) is 17.8 Å². The van der Waals surface area contributed by atoms with Crippen LogP contribution in [0, 0.1) is 5.92 Å². The van der Waals surface area contributed by atoms with Crippen LogP contribution in [0.2, 0.25) is 0 Å². The van der Waals surface area contributed by atoms with Gasteiger partial charge in [0, 0.05) is 19.3 Å². The van der Waals surface area contributed by atoms with Crippen LogP contribution in [0.4, 0.5) is 5.82 Å². The van der Waals surface area contributed by atoms with Crippen molar-refractivity contribution in [2.24, 2.45) is 5.92 Å². The highest BCUT2D eigenvalue weighted by molar-refractivity contribution is 8.26. The number of carbonyl (C=O) groups is 1. The summed E-state index contributed by atoms with van der Waals surface area (Å²) in [5.41, 5.74) is 3.20. The SMILES string of the molecule is O=C1/C(=C\c2c(N3CCC(Cc4ccccc4)CC3)nc3ccccn3c2=O)SC(=S)N1Cc1ccccc1. The lowest BCUT2D eigenvalue weighted by atomic mass is 9.90. The van der Waals surface area contributed by atoms with Crippen molar-refractivity contribution in [1.29, 1.82) is 0 Å². The van der Waals surface area contributed by atoms with E-state index in [1.807, 2.05) is 54.6 Å². The van der Waals surface area contributed by atoms with Crippen molar-refractivity contribution >= 4 is 51.7 Å². The summed E-state index contributed by atoms with van der Waals surface area (Å²) in [6, 6.07) is 25.9. The maximum atomic E-state index is 13.7. The number of fused-ring (bicyclic) bond motifs is 1. The van der Waals surface area contributed by atoms with Crippen molar-refractivity contribution in [3.8, 4) is 0 Å². The zero-order valence-corrected chi connectivity index (χ0v) is 23.0. The molecule has 8 heteroatoms. The van der Waals surface area contributed by atoms with Gasteiger partial charge in [0.25, 0.3) is 11.5 Å². The molecule has 0 unspecified atom stereocenters. The molecule has 0 N–H and O–H groups in total. The van der Waals surface area contributed by atoms with Crippen LogP contribution in [0.1, 0.15) is 29.5 Å². The Labute approximate surface area is 237 Å². The molecule has 2 aliphatic heterocycles. The molecule has 0 spiro atoms. The van der Waals surface area contributed by atoms with Crippen molar-refractivity contribution in [2.45, 2.75) is 25.8 Å². The van der Waals surface area contributed by atoms with Crippen LogP contribution in [0.3, 0.4) is 0 Å². The second-order valence-corrected chi connectivity index (χ2v) is 11.6. The Balaban J connectivity index is 1.30. The third-order valence-electron chi connectivity index (χ3n) is 7.36. The van der Waals surface area contributed by atoms with E-state index < -0.39 is 0 Å². The van der Waals surface area contributed by atoms with E-state index >= 15 is 0 Å². The highest BCUT2D eigenvalue weighted by Gasteiger charge is 2.33. The van der Waals surface area contributed by atoms with Gasteiger partial charge < -0.3 is 4.90 Å². The molecule has 39 heavy (non-hydrogen) atoms. The molecule has 0 bridgehead atoms. The normalized spacial score (nSPS) is 17.5. The van der Waals surface area contributed by atoms with E-state index in [1.165, 1.54) is 17.3 Å². The molecule has 0 radical (unpaired) electrons. The summed E-state index contributed by atoms with van der Waals surface area (Å²) in [7, 11) is 0. The third kappa shape index (κ3) is 5.40. The van der Waals surface area contributed by atoms with Crippen molar-refractivity contribution in [1.82, 2.24) is 14.3 Å². The van der Waals surface area contributed by atoms with E-state index in [-0.39, 0.29) is 11.5 Å². The fourth-order valence-electron chi connectivity index (χ4n) is 5.29. The Morgan fingerprint density at radius 3 is 2.28 bits per heavy atom. The fraction of sp³-hybridized carbons (Fsp3) is 0.226. The number of piperidine rings is 1. The van der Waals surface area contributed by atoms with Gasteiger partial charge in [-0.1, -0.05) is 90.7 Å². The van der Waals surface area contributed by atoms with E-state index in [0.717, 1.165) is 37.9 Å². The molecule has 0 aliphatic carbocycles.